The standard InChI is InChI=1S/C16H20ClN3OS/c1-21-11-14-8-19-16(22-14)10-20-6-5-18-9-15(20)12-3-2-4-13(17)7-12/h2-4,7-8,15,18H,5-6,9-11H2,1H3. The lowest BCUT2D eigenvalue weighted by molar-refractivity contribution is 0.153. The second-order valence-electron chi connectivity index (χ2n) is 5.40. The van der Waals surface area contributed by atoms with Crippen molar-refractivity contribution in [3.63, 3.8) is 0 Å². The predicted octanol–water partition coefficient (Wildman–Crippen LogP) is 3.09. The molecule has 118 valence electrons. The van der Waals surface area contributed by atoms with E-state index in [1.165, 1.54) is 10.4 Å². The van der Waals surface area contributed by atoms with E-state index in [-0.39, 0.29) is 0 Å². The molecule has 3 rings (SSSR count). The zero-order valence-corrected chi connectivity index (χ0v) is 14.2. The van der Waals surface area contributed by atoms with E-state index in [1.807, 2.05) is 18.3 Å². The van der Waals surface area contributed by atoms with Crippen LogP contribution < -0.4 is 5.32 Å². The molecule has 2 heterocycles. The number of aromatic nitrogens is 1. The minimum Gasteiger partial charge on any atom is -0.379 e. The van der Waals surface area contributed by atoms with Gasteiger partial charge in [-0.05, 0) is 17.7 Å². The van der Waals surface area contributed by atoms with Crippen molar-refractivity contribution < 1.29 is 4.74 Å². The van der Waals surface area contributed by atoms with Gasteiger partial charge in [0, 0.05) is 44.0 Å². The third-order valence-electron chi connectivity index (χ3n) is 3.81. The second-order valence-corrected chi connectivity index (χ2v) is 7.03. The third-order valence-corrected chi connectivity index (χ3v) is 5.00. The number of hydrogen-bond acceptors (Lipinski definition) is 5. The highest BCUT2D eigenvalue weighted by Crippen LogP contribution is 2.27. The first-order valence-corrected chi connectivity index (χ1v) is 8.58. The molecule has 1 N–H and O–H groups in total. The van der Waals surface area contributed by atoms with Gasteiger partial charge in [0.2, 0.25) is 0 Å². The fraction of sp³-hybridized carbons (Fsp3) is 0.438. The molecule has 22 heavy (non-hydrogen) atoms. The summed E-state index contributed by atoms with van der Waals surface area (Å²) in [6.07, 6.45) is 1.92. The summed E-state index contributed by atoms with van der Waals surface area (Å²) in [5.74, 6) is 0. The van der Waals surface area contributed by atoms with Crippen LogP contribution in [0.3, 0.4) is 0 Å². The SMILES string of the molecule is COCc1cnc(CN2CCNCC2c2cccc(Cl)c2)s1. The molecule has 1 aliphatic rings. The first-order chi connectivity index (χ1) is 10.8. The normalized spacial score (nSPS) is 19.5. The topological polar surface area (TPSA) is 37.4 Å². The van der Waals surface area contributed by atoms with Crippen LogP contribution in [-0.2, 0) is 17.9 Å². The quantitative estimate of drug-likeness (QED) is 0.909. The average Bonchev–Trinajstić information content (AvgIpc) is 2.95. The van der Waals surface area contributed by atoms with Crippen LogP contribution in [0.4, 0.5) is 0 Å². The number of ether oxygens (including phenoxy) is 1. The first kappa shape index (κ1) is 15.9. The Hall–Kier alpha value is -0.980. The number of nitrogens with zero attached hydrogens (tertiary/aromatic N) is 2. The van der Waals surface area contributed by atoms with E-state index in [0.29, 0.717) is 12.6 Å². The Morgan fingerprint density at radius 2 is 2.41 bits per heavy atom. The van der Waals surface area contributed by atoms with Gasteiger partial charge in [-0.2, -0.15) is 0 Å². The minimum absolute atomic E-state index is 0.335. The molecule has 1 aromatic heterocycles. The maximum Gasteiger partial charge on any atom is 0.107 e. The van der Waals surface area contributed by atoms with E-state index in [4.69, 9.17) is 16.3 Å². The Morgan fingerprint density at radius 3 is 3.23 bits per heavy atom. The van der Waals surface area contributed by atoms with E-state index in [9.17, 15) is 0 Å². The smallest absolute Gasteiger partial charge is 0.107 e. The van der Waals surface area contributed by atoms with Gasteiger partial charge in [0.25, 0.3) is 0 Å². The molecule has 1 atom stereocenters. The van der Waals surface area contributed by atoms with E-state index in [1.54, 1.807) is 18.4 Å². The summed E-state index contributed by atoms with van der Waals surface area (Å²) in [4.78, 5) is 8.17. The lowest BCUT2D eigenvalue weighted by Gasteiger charge is -2.36. The van der Waals surface area contributed by atoms with Crippen molar-refractivity contribution in [3.05, 3.63) is 50.9 Å². The predicted molar refractivity (Wildman–Crippen MR) is 90.3 cm³/mol. The van der Waals surface area contributed by atoms with Crippen LogP contribution in [0.2, 0.25) is 5.02 Å². The van der Waals surface area contributed by atoms with Gasteiger partial charge in [0.1, 0.15) is 5.01 Å². The third kappa shape index (κ3) is 3.86. The van der Waals surface area contributed by atoms with E-state index in [0.717, 1.165) is 36.2 Å². The summed E-state index contributed by atoms with van der Waals surface area (Å²) in [6.45, 7) is 4.46. The van der Waals surface area contributed by atoms with Crippen LogP contribution in [0.15, 0.2) is 30.5 Å². The van der Waals surface area contributed by atoms with Crippen LogP contribution in [0.5, 0.6) is 0 Å². The molecule has 1 fully saturated rings. The average molecular weight is 338 g/mol. The van der Waals surface area contributed by atoms with Gasteiger partial charge < -0.3 is 10.1 Å². The van der Waals surface area contributed by atoms with Gasteiger partial charge in [0.15, 0.2) is 0 Å². The lowest BCUT2D eigenvalue weighted by atomic mass is 10.0. The van der Waals surface area contributed by atoms with Gasteiger partial charge in [-0.15, -0.1) is 11.3 Å². The summed E-state index contributed by atoms with van der Waals surface area (Å²) >= 11 is 7.87. The van der Waals surface area contributed by atoms with Gasteiger partial charge in [-0.3, -0.25) is 4.90 Å². The number of piperazine rings is 1. The molecular weight excluding hydrogens is 318 g/mol. The van der Waals surface area contributed by atoms with E-state index >= 15 is 0 Å². The van der Waals surface area contributed by atoms with Gasteiger partial charge in [0.05, 0.1) is 18.0 Å². The zero-order valence-electron chi connectivity index (χ0n) is 12.6. The molecule has 0 radical (unpaired) electrons. The van der Waals surface area contributed by atoms with Crippen molar-refractivity contribution in [1.29, 1.82) is 0 Å². The van der Waals surface area contributed by atoms with E-state index < -0.39 is 0 Å². The first-order valence-electron chi connectivity index (χ1n) is 7.39. The maximum absolute atomic E-state index is 6.15. The maximum atomic E-state index is 6.15. The summed E-state index contributed by atoms with van der Waals surface area (Å²) in [6, 6.07) is 8.48. The fourth-order valence-electron chi connectivity index (χ4n) is 2.78. The Kier molecular flexibility index (Phi) is 5.44. The molecule has 4 nitrogen and oxygen atoms in total. The lowest BCUT2D eigenvalue weighted by Crippen LogP contribution is -2.45. The second kappa shape index (κ2) is 7.53. The molecule has 1 aliphatic heterocycles. The van der Waals surface area contributed by atoms with Crippen molar-refractivity contribution in [2.45, 2.75) is 19.2 Å². The molecule has 0 aliphatic carbocycles. The number of nitrogens with one attached hydrogen (secondary N) is 1. The van der Waals surface area contributed by atoms with Gasteiger partial charge in [-0.25, -0.2) is 4.98 Å². The molecular formula is C16H20ClN3OS. The van der Waals surface area contributed by atoms with Crippen LogP contribution in [0.1, 0.15) is 21.5 Å². The van der Waals surface area contributed by atoms with Crippen molar-refractivity contribution in [2.24, 2.45) is 0 Å². The molecule has 1 unspecified atom stereocenters. The highest BCUT2D eigenvalue weighted by molar-refractivity contribution is 7.11. The fourth-order valence-corrected chi connectivity index (χ4v) is 3.90. The summed E-state index contributed by atoms with van der Waals surface area (Å²) < 4.78 is 5.17. The van der Waals surface area contributed by atoms with Gasteiger partial charge >= 0.3 is 0 Å². The number of benzene rings is 1. The number of hydrogen-bond donors (Lipinski definition) is 1. The van der Waals surface area contributed by atoms with Crippen LogP contribution in [0, 0.1) is 0 Å². The Balaban J connectivity index is 1.74. The highest BCUT2D eigenvalue weighted by atomic mass is 35.5. The number of rotatable bonds is 5. The molecule has 6 heteroatoms. The van der Waals surface area contributed by atoms with Crippen molar-refractivity contribution in [2.75, 3.05) is 26.7 Å². The molecule has 0 bridgehead atoms. The highest BCUT2D eigenvalue weighted by Gasteiger charge is 2.24. The molecule has 1 saturated heterocycles. The van der Waals surface area contributed by atoms with Gasteiger partial charge in [-0.1, -0.05) is 23.7 Å². The Labute approximate surface area is 140 Å². The van der Waals surface area contributed by atoms with Crippen LogP contribution >= 0.6 is 22.9 Å². The largest absolute Gasteiger partial charge is 0.379 e. The summed E-state index contributed by atoms with van der Waals surface area (Å²) in [5, 5.41) is 5.40. The van der Waals surface area contributed by atoms with Crippen LogP contribution in [-0.4, -0.2) is 36.6 Å². The van der Waals surface area contributed by atoms with Crippen molar-refractivity contribution in [3.8, 4) is 0 Å². The minimum atomic E-state index is 0.335. The molecule has 1 aromatic carbocycles. The van der Waals surface area contributed by atoms with Crippen LogP contribution in [0.25, 0.3) is 0 Å². The van der Waals surface area contributed by atoms with Crippen molar-refractivity contribution in [1.82, 2.24) is 15.2 Å². The Morgan fingerprint density at radius 1 is 1.50 bits per heavy atom. The number of thiazole rings is 1. The van der Waals surface area contributed by atoms with Crippen molar-refractivity contribution >= 4 is 22.9 Å². The number of methoxy groups -OCH3 is 1. The monoisotopic (exact) mass is 337 g/mol. The number of halogens is 1. The molecule has 0 saturated carbocycles. The van der Waals surface area contributed by atoms with E-state index in [2.05, 4.69) is 27.3 Å². The summed E-state index contributed by atoms with van der Waals surface area (Å²) in [5.41, 5.74) is 1.26. The Bertz CT molecular complexity index is 619. The summed E-state index contributed by atoms with van der Waals surface area (Å²) in [7, 11) is 1.71. The molecule has 0 spiro atoms. The molecule has 2 aromatic rings. The zero-order chi connectivity index (χ0) is 15.4. The molecule has 0 amide bonds.